The number of nitrogens with one attached hydrogen (secondary N) is 1. The summed E-state index contributed by atoms with van der Waals surface area (Å²) in [7, 11) is 0. The summed E-state index contributed by atoms with van der Waals surface area (Å²) in [5.41, 5.74) is 0.455. The van der Waals surface area contributed by atoms with Crippen LogP contribution in [-0.2, 0) is 15.0 Å². The molecule has 2 rings (SSSR count). The predicted octanol–water partition coefficient (Wildman–Crippen LogP) is 3.23. The fraction of sp³-hybridized carbons (Fsp3) is 0.529. The van der Waals surface area contributed by atoms with Crippen LogP contribution in [0.2, 0.25) is 5.02 Å². The number of amides is 1. The van der Waals surface area contributed by atoms with Crippen molar-refractivity contribution in [3.63, 3.8) is 0 Å². The monoisotopic (exact) mass is 323 g/mol. The highest BCUT2D eigenvalue weighted by Gasteiger charge is 2.51. The third kappa shape index (κ3) is 3.80. The minimum absolute atomic E-state index is 0.0789. The Hall–Kier alpha value is -1.55. The van der Waals surface area contributed by atoms with E-state index in [4.69, 9.17) is 11.6 Å². The van der Waals surface area contributed by atoms with Gasteiger partial charge in [0, 0.05) is 11.6 Å². The molecule has 22 heavy (non-hydrogen) atoms. The summed E-state index contributed by atoms with van der Waals surface area (Å²) >= 11 is 5.88. The number of hydrogen-bond donors (Lipinski definition) is 2. The maximum absolute atomic E-state index is 12.5. The van der Waals surface area contributed by atoms with Gasteiger partial charge in [0.25, 0.3) is 0 Å². The van der Waals surface area contributed by atoms with Gasteiger partial charge in [-0.3, -0.25) is 9.59 Å². The molecule has 0 aliphatic heterocycles. The maximum atomic E-state index is 12.5. The highest BCUT2D eigenvalue weighted by molar-refractivity contribution is 6.30. The van der Waals surface area contributed by atoms with E-state index in [0.717, 1.165) is 18.4 Å². The molecule has 1 amide bonds. The lowest BCUT2D eigenvalue weighted by atomic mass is 9.93. The zero-order valence-corrected chi connectivity index (χ0v) is 13.7. The molecule has 1 saturated carbocycles. The van der Waals surface area contributed by atoms with Gasteiger partial charge in [0.15, 0.2) is 0 Å². The van der Waals surface area contributed by atoms with Crippen molar-refractivity contribution >= 4 is 23.5 Å². The van der Waals surface area contributed by atoms with Crippen LogP contribution < -0.4 is 5.32 Å². The van der Waals surface area contributed by atoms with Gasteiger partial charge in [-0.15, -0.1) is 0 Å². The molecule has 5 heteroatoms. The molecule has 0 radical (unpaired) electrons. The molecule has 1 aromatic rings. The van der Waals surface area contributed by atoms with Gasteiger partial charge in [0.05, 0.1) is 11.3 Å². The third-order valence-electron chi connectivity index (χ3n) is 4.20. The first-order valence-electron chi connectivity index (χ1n) is 7.62. The molecule has 1 aromatic carbocycles. The molecule has 0 saturated heterocycles. The Labute approximate surface area is 135 Å². The van der Waals surface area contributed by atoms with Gasteiger partial charge in [-0.25, -0.2) is 0 Å². The SMILES string of the molecule is CC(C)CC(CNC(=O)C1(c2ccc(Cl)cc2)CC1)C(=O)O. The molecule has 0 spiro atoms. The summed E-state index contributed by atoms with van der Waals surface area (Å²) in [5, 5.41) is 12.7. The zero-order chi connectivity index (χ0) is 16.3. The Bertz CT molecular complexity index is 550. The standard InChI is InChI=1S/C17H22ClNO3/c1-11(2)9-12(15(20)21)10-19-16(22)17(7-8-17)13-3-5-14(18)6-4-13/h3-6,11-12H,7-10H2,1-2H3,(H,19,22)(H,20,21). The van der Waals surface area contributed by atoms with E-state index in [1.807, 2.05) is 26.0 Å². The van der Waals surface area contributed by atoms with Gasteiger partial charge in [-0.05, 0) is 42.9 Å². The van der Waals surface area contributed by atoms with E-state index < -0.39 is 17.3 Å². The van der Waals surface area contributed by atoms with Crippen LogP contribution >= 0.6 is 11.6 Å². The van der Waals surface area contributed by atoms with Crippen LogP contribution in [0, 0.1) is 11.8 Å². The summed E-state index contributed by atoms with van der Waals surface area (Å²) < 4.78 is 0. The average molecular weight is 324 g/mol. The Morgan fingerprint density at radius 1 is 1.27 bits per heavy atom. The second-order valence-electron chi connectivity index (χ2n) is 6.46. The summed E-state index contributed by atoms with van der Waals surface area (Å²) in [6, 6.07) is 7.31. The Kier molecular flexibility index (Phi) is 5.12. The van der Waals surface area contributed by atoms with Gasteiger partial charge in [-0.1, -0.05) is 37.6 Å². The minimum atomic E-state index is -0.856. The molecule has 1 aliphatic carbocycles. The molecule has 2 N–H and O–H groups in total. The Balaban J connectivity index is 1.99. The van der Waals surface area contributed by atoms with Crippen molar-refractivity contribution in [1.29, 1.82) is 0 Å². The van der Waals surface area contributed by atoms with Crippen LogP contribution in [0.25, 0.3) is 0 Å². The van der Waals surface area contributed by atoms with Crippen LogP contribution in [0.15, 0.2) is 24.3 Å². The number of carboxylic acids is 1. The van der Waals surface area contributed by atoms with Gasteiger partial charge in [0.2, 0.25) is 5.91 Å². The van der Waals surface area contributed by atoms with Gasteiger partial charge in [-0.2, -0.15) is 0 Å². The highest BCUT2D eigenvalue weighted by atomic mass is 35.5. The molecular weight excluding hydrogens is 302 g/mol. The number of hydrogen-bond acceptors (Lipinski definition) is 2. The fourth-order valence-corrected chi connectivity index (χ4v) is 2.89. The lowest BCUT2D eigenvalue weighted by Gasteiger charge is -2.19. The van der Waals surface area contributed by atoms with Crippen molar-refractivity contribution in [2.45, 2.75) is 38.5 Å². The predicted molar refractivity (Wildman–Crippen MR) is 86.0 cm³/mol. The second-order valence-corrected chi connectivity index (χ2v) is 6.90. The van der Waals surface area contributed by atoms with E-state index in [0.29, 0.717) is 11.4 Å². The van der Waals surface area contributed by atoms with Crippen molar-refractivity contribution < 1.29 is 14.7 Å². The molecule has 1 fully saturated rings. The highest BCUT2D eigenvalue weighted by Crippen LogP contribution is 2.48. The first-order chi connectivity index (χ1) is 10.3. The number of carbonyl (C=O) groups excluding carboxylic acids is 1. The topological polar surface area (TPSA) is 66.4 Å². The maximum Gasteiger partial charge on any atom is 0.308 e. The molecular formula is C17H22ClNO3. The van der Waals surface area contributed by atoms with Crippen molar-refractivity contribution in [3.8, 4) is 0 Å². The minimum Gasteiger partial charge on any atom is -0.481 e. The summed E-state index contributed by atoms with van der Waals surface area (Å²) in [5.74, 6) is -1.19. The molecule has 1 aliphatic rings. The van der Waals surface area contributed by atoms with E-state index >= 15 is 0 Å². The normalized spacial score (nSPS) is 17.1. The van der Waals surface area contributed by atoms with E-state index in [1.54, 1.807) is 12.1 Å². The van der Waals surface area contributed by atoms with Gasteiger partial charge >= 0.3 is 5.97 Å². The first-order valence-corrected chi connectivity index (χ1v) is 8.00. The van der Waals surface area contributed by atoms with Crippen LogP contribution in [-0.4, -0.2) is 23.5 Å². The Morgan fingerprint density at radius 2 is 1.86 bits per heavy atom. The average Bonchev–Trinajstić information content (AvgIpc) is 3.25. The molecule has 1 unspecified atom stereocenters. The van der Waals surface area contributed by atoms with Crippen molar-refractivity contribution in [3.05, 3.63) is 34.9 Å². The number of benzene rings is 1. The summed E-state index contributed by atoms with van der Waals surface area (Å²) in [6.45, 7) is 4.14. The van der Waals surface area contributed by atoms with Crippen LogP contribution in [0.5, 0.6) is 0 Å². The number of aliphatic carboxylic acids is 1. The number of carboxylic acid groups (broad SMARTS) is 1. The number of carbonyl (C=O) groups is 2. The van der Waals surface area contributed by atoms with Gasteiger partial charge in [0.1, 0.15) is 0 Å². The van der Waals surface area contributed by atoms with Crippen molar-refractivity contribution in [2.75, 3.05) is 6.54 Å². The number of rotatable bonds is 7. The van der Waals surface area contributed by atoms with E-state index in [-0.39, 0.29) is 18.4 Å². The van der Waals surface area contributed by atoms with Crippen LogP contribution in [0.4, 0.5) is 0 Å². The fourth-order valence-electron chi connectivity index (χ4n) is 2.77. The molecule has 4 nitrogen and oxygen atoms in total. The second kappa shape index (κ2) is 6.69. The molecule has 0 aromatic heterocycles. The van der Waals surface area contributed by atoms with Crippen molar-refractivity contribution in [1.82, 2.24) is 5.32 Å². The zero-order valence-electron chi connectivity index (χ0n) is 12.9. The third-order valence-corrected chi connectivity index (χ3v) is 4.45. The Morgan fingerprint density at radius 3 is 2.32 bits per heavy atom. The van der Waals surface area contributed by atoms with Crippen LogP contribution in [0.3, 0.4) is 0 Å². The van der Waals surface area contributed by atoms with E-state index in [2.05, 4.69) is 5.32 Å². The molecule has 0 heterocycles. The summed E-state index contributed by atoms with van der Waals surface area (Å²) in [4.78, 5) is 23.7. The quantitative estimate of drug-likeness (QED) is 0.809. The van der Waals surface area contributed by atoms with E-state index in [1.165, 1.54) is 0 Å². The van der Waals surface area contributed by atoms with Crippen molar-refractivity contribution in [2.24, 2.45) is 11.8 Å². The largest absolute Gasteiger partial charge is 0.481 e. The first kappa shape index (κ1) is 16.8. The number of halogens is 1. The lowest BCUT2D eigenvalue weighted by Crippen LogP contribution is -2.39. The smallest absolute Gasteiger partial charge is 0.308 e. The lowest BCUT2D eigenvalue weighted by molar-refractivity contribution is -0.142. The molecule has 1 atom stereocenters. The van der Waals surface area contributed by atoms with Crippen LogP contribution in [0.1, 0.15) is 38.7 Å². The molecule has 120 valence electrons. The van der Waals surface area contributed by atoms with E-state index in [9.17, 15) is 14.7 Å². The molecule has 0 bridgehead atoms. The van der Waals surface area contributed by atoms with Gasteiger partial charge < -0.3 is 10.4 Å². The summed E-state index contributed by atoms with van der Waals surface area (Å²) in [6.07, 6.45) is 2.15.